The van der Waals surface area contributed by atoms with Crippen molar-refractivity contribution in [3.63, 3.8) is 0 Å². The van der Waals surface area contributed by atoms with E-state index >= 15 is 0 Å². The second kappa shape index (κ2) is 8.12. The normalized spacial score (nSPS) is 11.8. The minimum atomic E-state index is -0.952. The van der Waals surface area contributed by atoms with Gasteiger partial charge in [-0.1, -0.05) is 23.7 Å². The van der Waals surface area contributed by atoms with E-state index in [1.54, 1.807) is 0 Å². The maximum atomic E-state index is 11.8. The number of carboxylic acid groups (broad SMARTS) is 1. The van der Waals surface area contributed by atoms with Crippen molar-refractivity contribution in [2.24, 2.45) is 0 Å². The molecule has 0 aliphatic rings. The first-order chi connectivity index (χ1) is 11.4. The predicted octanol–water partition coefficient (Wildman–Crippen LogP) is 3.61. The fourth-order valence-corrected chi connectivity index (χ4v) is 3.14. The smallest absolute Gasteiger partial charge is 0.315 e. The van der Waals surface area contributed by atoms with Crippen molar-refractivity contribution in [1.29, 1.82) is 0 Å². The van der Waals surface area contributed by atoms with Crippen LogP contribution >= 0.6 is 22.9 Å². The molecule has 128 valence electrons. The molecule has 0 bridgehead atoms. The highest BCUT2D eigenvalue weighted by Crippen LogP contribution is 2.31. The summed E-state index contributed by atoms with van der Waals surface area (Å²) in [5, 5.41) is 15.3. The van der Waals surface area contributed by atoms with Gasteiger partial charge in [0.2, 0.25) is 0 Å². The lowest BCUT2D eigenvalue weighted by atomic mass is 10.1. The number of aliphatic carboxylic acids is 1. The minimum absolute atomic E-state index is 0.0841. The third-order valence-electron chi connectivity index (χ3n) is 3.27. The van der Waals surface area contributed by atoms with Gasteiger partial charge in [-0.3, -0.25) is 4.79 Å². The quantitative estimate of drug-likeness (QED) is 0.727. The van der Waals surface area contributed by atoms with Crippen LogP contribution in [0.2, 0.25) is 5.02 Å². The van der Waals surface area contributed by atoms with Crippen LogP contribution in [-0.2, 0) is 4.79 Å². The lowest BCUT2D eigenvalue weighted by Crippen LogP contribution is -2.38. The largest absolute Gasteiger partial charge is 0.481 e. The first kappa shape index (κ1) is 18.2. The molecule has 2 amide bonds. The first-order valence-electron chi connectivity index (χ1n) is 7.36. The molecule has 24 heavy (non-hydrogen) atoms. The lowest BCUT2D eigenvalue weighted by Gasteiger charge is -2.11. The number of hydrogen-bond acceptors (Lipinski definition) is 4. The lowest BCUT2D eigenvalue weighted by molar-refractivity contribution is -0.136. The average molecular weight is 368 g/mol. The van der Waals surface area contributed by atoms with E-state index in [1.807, 2.05) is 38.1 Å². The average Bonchev–Trinajstić information content (AvgIpc) is 2.90. The Bertz CT molecular complexity index is 731. The maximum Gasteiger partial charge on any atom is 0.315 e. The SMILES string of the molecule is Cc1sc(C(C)NC(=O)NCCC(=O)O)nc1-c1ccc(Cl)cc1. The van der Waals surface area contributed by atoms with Crippen LogP contribution in [0.25, 0.3) is 11.3 Å². The summed E-state index contributed by atoms with van der Waals surface area (Å²) >= 11 is 7.42. The third kappa shape index (κ3) is 4.94. The van der Waals surface area contributed by atoms with Gasteiger partial charge in [-0.25, -0.2) is 9.78 Å². The molecule has 0 aliphatic heterocycles. The monoisotopic (exact) mass is 367 g/mol. The van der Waals surface area contributed by atoms with Crippen molar-refractivity contribution in [2.45, 2.75) is 26.3 Å². The van der Waals surface area contributed by atoms with E-state index in [4.69, 9.17) is 16.7 Å². The molecule has 0 spiro atoms. The molecule has 0 aliphatic carbocycles. The molecular formula is C16H18ClN3O3S. The highest BCUT2D eigenvalue weighted by atomic mass is 35.5. The number of urea groups is 1. The number of aromatic nitrogens is 1. The van der Waals surface area contributed by atoms with Crippen LogP contribution in [0.1, 0.15) is 29.3 Å². The van der Waals surface area contributed by atoms with E-state index in [2.05, 4.69) is 15.6 Å². The van der Waals surface area contributed by atoms with E-state index in [0.29, 0.717) is 5.02 Å². The Balaban J connectivity index is 2.01. The van der Waals surface area contributed by atoms with Crippen molar-refractivity contribution in [1.82, 2.24) is 15.6 Å². The highest BCUT2D eigenvalue weighted by Gasteiger charge is 2.16. The van der Waals surface area contributed by atoms with Crippen LogP contribution in [-0.4, -0.2) is 28.6 Å². The Hall–Kier alpha value is -2.12. The number of benzene rings is 1. The Labute approximate surface area is 148 Å². The first-order valence-corrected chi connectivity index (χ1v) is 8.55. The number of aryl methyl sites for hydroxylation is 1. The number of rotatable bonds is 6. The summed E-state index contributed by atoms with van der Waals surface area (Å²) in [5.74, 6) is -0.952. The van der Waals surface area contributed by atoms with Gasteiger partial charge in [-0.15, -0.1) is 11.3 Å². The number of thiazole rings is 1. The number of carboxylic acids is 1. The van der Waals surface area contributed by atoms with E-state index in [9.17, 15) is 9.59 Å². The number of amides is 2. The molecule has 1 aromatic carbocycles. The zero-order valence-corrected chi connectivity index (χ0v) is 14.9. The van der Waals surface area contributed by atoms with Crippen molar-refractivity contribution in [2.75, 3.05) is 6.54 Å². The summed E-state index contributed by atoms with van der Waals surface area (Å²) in [6, 6.07) is 6.75. The van der Waals surface area contributed by atoms with Crippen LogP contribution in [0, 0.1) is 6.92 Å². The van der Waals surface area contributed by atoms with Crippen molar-refractivity contribution in [3.8, 4) is 11.3 Å². The van der Waals surface area contributed by atoms with E-state index in [0.717, 1.165) is 21.1 Å². The van der Waals surface area contributed by atoms with Crippen LogP contribution in [0.15, 0.2) is 24.3 Å². The fourth-order valence-electron chi connectivity index (χ4n) is 2.07. The Kier molecular flexibility index (Phi) is 6.16. The number of nitrogens with zero attached hydrogens (tertiary/aromatic N) is 1. The molecule has 2 rings (SSSR count). The Morgan fingerprint density at radius 1 is 1.33 bits per heavy atom. The summed E-state index contributed by atoms with van der Waals surface area (Å²) in [6.45, 7) is 3.90. The molecular weight excluding hydrogens is 350 g/mol. The molecule has 1 atom stereocenters. The standard InChI is InChI=1S/C16H18ClN3O3S/c1-9(19-16(23)18-8-7-13(21)22)15-20-14(10(2)24-15)11-3-5-12(17)6-4-11/h3-6,9H,7-8H2,1-2H3,(H,21,22)(H2,18,19,23). The van der Waals surface area contributed by atoms with Crippen LogP contribution in [0.3, 0.4) is 0 Å². The molecule has 1 unspecified atom stereocenters. The summed E-state index contributed by atoms with van der Waals surface area (Å²) < 4.78 is 0. The van der Waals surface area contributed by atoms with Gasteiger partial charge in [0.15, 0.2) is 0 Å². The van der Waals surface area contributed by atoms with E-state index in [1.165, 1.54) is 11.3 Å². The van der Waals surface area contributed by atoms with Gasteiger partial charge in [-0.05, 0) is 26.0 Å². The Morgan fingerprint density at radius 2 is 2.00 bits per heavy atom. The number of nitrogens with one attached hydrogen (secondary N) is 2. The molecule has 0 radical (unpaired) electrons. The second-order valence-electron chi connectivity index (χ2n) is 5.23. The topological polar surface area (TPSA) is 91.3 Å². The zero-order chi connectivity index (χ0) is 17.7. The maximum absolute atomic E-state index is 11.8. The summed E-state index contributed by atoms with van der Waals surface area (Å²) in [7, 11) is 0. The van der Waals surface area contributed by atoms with Crippen molar-refractivity contribution in [3.05, 3.63) is 39.2 Å². The molecule has 3 N–H and O–H groups in total. The molecule has 1 aromatic heterocycles. The molecule has 2 aromatic rings. The number of carbonyl (C=O) groups excluding carboxylic acids is 1. The fraction of sp³-hybridized carbons (Fsp3) is 0.312. The van der Waals surface area contributed by atoms with Gasteiger partial charge in [0, 0.05) is 22.0 Å². The van der Waals surface area contributed by atoms with Crippen molar-refractivity contribution < 1.29 is 14.7 Å². The van der Waals surface area contributed by atoms with Gasteiger partial charge >= 0.3 is 12.0 Å². The van der Waals surface area contributed by atoms with Crippen LogP contribution < -0.4 is 10.6 Å². The van der Waals surface area contributed by atoms with Gasteiger partial charge in [-0.2, -0.15) is 0 Å². The minimum Gasteiger partial charge on any atom is -0.481 e. The van der Waals surface area contributed by atoms with E-state index in [-0.39, 0.29) is 19.0 Å². The van der Waals surface area contributed by atoms with E-state index < -0.39 is 12.0 Å². The molecule has 1 heterocycles. The number of carbonyl (C=O) groups is 2. The Morgan fingerprint density at radius 3 is 2.62 bits per heavy atom. The van der Waals surface area contributed by atoms with Crippen LogP contribution in [0.4, 0.5) is 4.79 Å². The molecule has 8 heteroatoms. The molecule has 0 fully saturated rings. The van der Waals surface area contributed by atoms with Gasteiger partial charge < -0.3 is 15.7 Å². The molecule has 0 saturated heterocycles. The van der Waals surface area contributed by atoms with Crippen LogP contribution in [0.5, 0.6) is 0 Å². The number of hydrogen-bond donors (Lipinski definition) is 3. The van der Waals surface area contributed by atoms with Gasteiger partial charge in [0.1, 0.15) is 5.01 Å². The van der Waals surface area contributed by atoms with Crippen molar-refractivity contribution >= 4 is 34.9 Å². The highest BCUT2D eigenvalue weighted by molar-refractivity contribution is 7.12. The van der Waals surface area contributed by atoms with Gasteiger partial charge in [0.05, 0.1) is 18.2 Å². The molecule has 0 saturated carbocycles. The number of halogens is 1. The second-order valence-corrected chi connectivity index (χ2v) is 6.90. The third-order valence-corrected chi connectivity index (χ3v) is 4.68. The predicted molar refractivity (Wildman–Crippen MR) is 94.5 cm³/mol. The summed E-state index contributed by atoms with van der Waals surface area (Å²) in [5.41, 5.74) is 1.84. The molecule has 6 nitrogen and oxygen atoms in total. The van der Waals surface area contributed by atoms with Gasteiger partial charge in [0.25, 0.3) is 0 Å². The summed E-state index contributed by atoms with van der Waals surface area (Å²) in [4.78, 5) is 27.8. The summed E-state index contributed by atoms with van der Waals surface area (Å²) in [6.07, 6.45) is -0.112. The zero-order valence-electron chi connectivity index (χ0n) is 13.3.